The van der Waals surface area contributed by atoms with Gasteiger partial charge in [0.25, 0.3) is 0 Å². The van der Waals surface area contributed by atoms with Crippen LogP contribution in [-0.2, 0) is 12.8 Å². The monoisotopic (exact) mass is 216 g/mol. The Bertz CT molecular complexity index is 373. The molecule has 86 valence electrons. The highest BCUT2D eigenvalue weighted by molar-refractivity contribution is 5.34. The molecule has 1 aromatic rings. The molecule has 1 heteroatoms. The molecule has 1 nitrogen and oxygen atoms in total. The molecule has 0 saturated heterocycles. The molecule has 2 atom stereocenters. The summed E-state index contributed by atoms with van der Waals surface area (Å²) in [6.45, 7) is 2.21. The third-order valence-electron chi connectivity index (χ3n) is 4.52. The van der Waals surface area contributed by atoms with Crippen LogP contribution in [0.2, 0.25) is 0 Å². The number of hydrogen-bond acceptors (Lipinski definition) is 1. The largest absolute Gasteiger partial charge is 0.389 e. The Hall–Kier alpha value is -0.820. The van der Waals surface area contributed by atoms with Crippen LogP contribution in [0.1, 0.15) is 37.3 Å². The summed E-state index contributed by atoms with van der Waals surface area (Å²) in [4.78, 5) is 0. The van der Waals surface area contributed by atoms with Gasteiger partial charge in [0.2, 0.25) is 0 Å². The number of aliphatic hydroxyl groups is 1. The van der Waals surface area contributed by atoms with Gasteiger partial charge in [-0.25, -0.2) is 0 Å². The summed E-state index contributed by atoms with van der Waals surface area (Å²) in [6, 6.07) is 8.66. The first kappa shape index (κ1) is 10.3. The van der Waals surface area contributed by atoms with Crippen molar-refractivity contribution in [3.05, 3.63) is 35.4 Å². The molecule has 0 heterocycles. The van der Waals surface area contributed by atoms with Crippen molar-refractivity contribution in [3.63, 3.8) is 0 Å². The highest BCUT2D eigenvalue weighted by atomic mass is 16.3. The fourth-order valence-corrected chi connectivity index (χ4v) is 3.45. The van der Waals surface area contributed by atoms with Crippen molar-refractivity contribution in [1.82, 2.24) is 0 Å². The van der Waals surface area contributed by atoms with Gasteiger partial charge < -0.3 is 5.11 Å². The summed E-state index contributed by atoms with van der Waals surface area (Å²) in [5, 5.41) is 10.6. The van der Waals surface area contributed by atoms with Gasteiger partial charge in [0.15, 0.2) is 0 Å². The Morgan fingerprint density at radius 1 is 1.25 bits per heavy atom. The van der Waals surface area contributed by atoms with Crippen molar-refractivity contribution >= 4 is 0 Å². The molecule has 0 bridgehead atoms. The van der Waals surface area contributed by atoms with Crippen molar-refractivity contribution in [3.8, 4) is 0 Å². The standard InChI is InChI=1S/C15H20O/c1-2-5-13-10-15(13,16)14-8-11-6-3-4-7-12(11)9-14/h3-4,6-7,13-14,16H,2,5,8-10H2,1H3. The SMILES string of the molecule is CCCC1CC1(O)C1Cc2ccccc2C1. The second-order valence-corrected chi connectivity index (χ2v) is 5.55. The van der Waals surface area contributed by atoms with Crippen LogP contribution >= 0.6 is 0 Å². The maximum atomic E-state index is 10.6. The summed E-state index contributed by atoms with van der Waals surface area (Å²) >= 11 is 0. The Kier molecular flexibility index (Phi) is 2.32. The lowest BCUT2D eigenvalue weighted by atomic mass is 9.94. The summed E-state index contributed by atoms with van der Waals surface area (Å²) < 4.78 is 0. The zero-order valence-electron chi connectivity index (χ0n) is 9.95. The number of fused-ring (bicyclic) bond motifs is 1. The maximum Gasteiger partial charge on any atom is 0.0714 e. The number of hydrogen-bond donors (Lipinski definition) is 1. The van der Waals surface area contributed by atoms with E-state index in [2.05, 4.69) is 31.2 Å². The summed E-state index contributed by atoms with van der Waals surface area (Å²) in [5.41, 5.74) is 2.60. The third kappa shape index (κ3) is 1.49. The Balaban J connectivity index is 1.73. The third-order valence-corrected chi connectivity index (χ3v) is 4.52. The number of benzene rings is 1. The topological polar surface area (TPSA) is 20.2 Å². The Morgan fingerprint density at radius 3 is 2.44 bits per heavy atom. The van der Waals surface area contributed by atoms with Gasteiger partial charge in [-0.1, -0.05) is 37.6 Å². The molecular formula is C15H20O. The molecule has 1 saturated carbocycles. The van der Waals surface area contributed by atoms with E-state index >= 15 is 0 Å². The average Bonchev–Trinajstić information content (AvgIpc) is 2.78. The van der Waals surface area contributed by atoms with E-state index in [-0.39, 0.29) is 5.60 Å². The van der Waals surface area contributed by atoms with E-state index in [1.807, 2.05) is 0 Å². The Labute approximate surface area is 97.5 Å². The summed E-state index contributed by atoms with van der Waals surface area (Å²) in [7, 11) is 0. The lowest BCUT2D eigenvalue weighted by Crippen LogP contribution is -2.25. The second-order valence-electron chi connectivity index (χ2n) is 5.55. The first-order valence-corrected chi connectivity index (χ1v) is 6.53. The molecule has 0 spiro atoms. The molecule has 0 radical (unpaired) electrons. The molecule has 2 unspecified atom stereocenters. The maximum absolute atomic E-state index is 10.6. The van der Waals surface area contributed by atoms with Gasteiger partial charge in [0, 0.05) is 0 Å². The quantitative estimate of drug-likeness (QED) is 0.823. The van der Waals surface area contributed by atoms with E-state index in [1.54, 1.807) is 0 Å². The molecular weight excluding hydrogens is 196 g/mol. The van der Waals surface area contributed by atoms with E-state index in [1.165, 1.54) is 24.0 Å². The zero-order valence-corrected chi connectivity index (χ0v) is 9.95. The molecule has 0 amide bonds. The van der Waals surface area contributed by atoms with Crippen molar-refractivity contribution in [2.24, 2.45) is 11.8 Å². The molecule has 1 N–H and O–H groups in total. The van der Waals surface area contributed by atoms with Crippen molar-refractivity contribution in [2.75, 3.05) is 0 Å². The van der Waals surface area contributed by atoms with E-state index in [4.69, 9.17) is 0 Å². The van der Waals surface area contributed by atoms with E-state index < -0.39 is 0 Å². The summed E-state index contributed by atoms with van der Waals surface area (Å²) in [5.74, 6) is 1.07. The van der Waals surface area contributed by atoms with Gasteiger partial charge in [-0.2, -0.15) is 0 Å². The molecule has 16 heavy (non-hydrogen) atoms. The summed E-state index contributed by atoms with van der Waals surface area (Å²) in [6.07, 6.45) is 5.62. The minimum absolute atomic E-state index is 0.324. The van der Waals surface area contributed by atoms with Crippen molar-refractivity contribution in [1.29, 1.82) is 0 Å². The van der Waals surface area contributed by atoms with Crippen LogP contribution in [0.4, 0.5) is 0 Å². The molecule has 1 fully saturated rings. The van der Waals surface area contributed by atoms with Crippen LogP contribution in [0.15, 0.2) is 24.3 Å². The molecule has 2 aliphatic carbocycles. The molecule has 1 aromatic carbocycles. The second kappa shape index (κ2) is 3.59. The normalized spacial score (nSPS) is 32.8. The zero-order chi connectivity index (χ0) is 11.2. The smallest absolute Gasteiger partial charge is 0.0714 e. The van der Waals surface area contributed by atoms with Gasteiger partial charge in [-0.05, 0) is 48.6 Å². The van der Waals surface area contributed by atoms with Crippen molar-refractivity contribution < 1.29 is 5.11 Å². The first-order chi connectivity index (χ1) is 7.74. The van der Waals surface area contributed by atoms with Crippen LogP contribution in [0.25, 0.3) is 0 Å². The van der Waals surface area contributed by atoms with Gasteiger partial charge >= 0.3 is 0 Å². The molecule has 2 aliphatic rings. The van der Waals surface area contributed by atoms with Gasteiger partial charge in [0.1, 0.15) is 0 Å². The Morgan fingerprint density at radius 2 is 1.88 bits per heavy atom. The molecule has 3 rings (SSSR count). The van der Waals surface area contributed by atoms with E-state index in [9.17, 15) is 5.11 Å². The minimum Gasteiger partial charge on any atom is -0.389 e. The molecule has 0 aromatic heterocycles. The lowest BCUT2D eigenvalue weighted by Gasteiger charge is -2.18. The van der Waals surface area contributed by atoms with E-state index in [0.29, 0.717) is 11.8 Å². The fourth-order valence-electron chi connectivity index (χ4n) is 3.45. The van der Waals surface area contributed by atoms with Crippen LogP contribution in [0.5, 0.6) is 0 Å². The van der Waals surface area contributed by atoms with Crippen molar-refractivity contribution in [2.45, 2.75) is 44.6 Å². The highest BCUT2D eigenvalue weighted by Gasteiger charge is 2.57. The molecule has 0 aliphatic heterocycles. The van der Waals surface area contributed by atoms with Crippen LogP contribution < -0.4 is 0 Å². The first-order valence-electron chi connectivity index (χ1n) is 6.53. The van der Waals surface area contributed by atoms with Gasteiger partial charge in [-0.15, -0.1) is 0 Å². The van der Waals surface area contributed by atoms with E-state index in [0.717, 1.165) is 19.3 Å². The van der Waals surface area contributed by atoms with Gasteiger partial charge in [0.05, 0.1) is 5.60 Å². The predicted molar refractivity (Wildman–Crippen MR) is 65.3 cm³/mol. The predicted octanol–water partition coefficient (Wildman–Crippen LogP) is 2.95. The highest BCUT2D eigenvalue weighted by Crippen LogP contribution is 2.54. The van der Waals surface area contributed by atoms with Gasteiger partial charge in [-0.3, -0.25) is 0 Å². The van der Waals surface area contributed by atoms with Crippen LogP contribution in [-0.4, -0.2) is 10.7 Å². The fraction of sp³-hybridized carbons (Fsp3) is 0.600. The average molecular weight is 216 g/mol. The van der Waals surface area contributed by atoms with Crippen LogP contribution in [0, 0.1) is 11.8 Å². The van der Waals surface area contributed by atoms with Crippen LogP contribution in [0.3, 0.4) is 0 Å². The lowest BCUT2D eigenvalue weighted by molar-refractivity contribution is 0.0678. The minimum atomic E-state index is -0.324. The number of rotatable bonds is 3.